The normalized spacial score (nSPS) is 11.0. The van der Waals surface area contributed by atoms with E-state index in [0.717, 1.165) is 9.37 Å². The zero-order valence-electron chi connectivity index (χ0n) is 13.7. The lowest BCUT2D eigenvalue weighted by atomic mass is 10.2. The topological polar surface area (TPSA) is 54.6 Å². The summed E-state index contributed by atoms with van der Waals surface area (Å²) >= 11 is 11.0. The number of nitrogens with zero attached hydrogens (tertiary/aromatic N) is 1. The van der Waals surface area contributed by atoms with Gasteiger partial charge in [0.05, 0.1) is 21.3 Å². The molecule has 3 aromatic rings. The third-order valence-electron chi connectivity index (χ3n) is 3.38. The molecule has 0 radical (unpaired) electrons. The Morgan fingerprint density at radius 1 is 1.23 bits per heavy atom. The number of aryl methyl sites for hydroxylation is 1. The first kappa shape index (κ1) is 18.8. The highest BCUT2D eigenvalue weighted by Crippen LogP contribution is 2.35. The number of hydrazone groups is 1. The van der Waals surface area contributed by atoms with E-state index in [0.29, 0.717) is 21.4 Å². The van der Waals surface area contributed by atoms with E-state index in [1.807, 2.05) is 31.2 Å². The van der Waals surface area contributed by atoms with E-state index in [2.05, 4.69) is 26.5 Å². The number of benzene rings is 2. The fraction of sp³-hybridized carbons (Fsp3) is 0.0526. The zero-order valence-corrected chi connectivity index (χ0v) is 16.9. The highest BCUT2D eigenvalue weighted by Gasteiger charge is 2.11. The first-order valence-corrected chi connectivity index (χ1v) is 9.63. The van der Waals surface area contributed by atoms with Crippen LogP contribution in [0.2, 0.25) is 5.02 Å². The van der Waals surface area contributed by atoms with E-state index < -0.39 is 0 Å². The smallest absolute Gasteiger partial charge is 0.272 e. The van der Waals surface area contributed by atoms with Crippen molar-refractivity contribution in [2.45, 2.75) is 16.9 Å². The Hall–Kier alpha value is -2.02. The molecule has 132 valence electrons. The molecule has 1 amide bonds. The number of amides is 1. The van der Waals surface area contributed by atoms with Gasteiger partial charge in [0.15, 0.2) is 5.09 Å². The van der Waals surface area contributed by atoms with Gasteiger partial charge in [0.2, 0.25) is 0 Å². The number of hydrogen-bond donors (Lipinski definition) is 1. The number of hydrogen-bond acceptors (Lipinski definition) is 4. The molecule has 4 nitrogen and oxygen atoms in total. The largest absolute Gasteiger partial charge is 0.447 e. The van der Waals surface area contributed by atoms with Gasteiger partial charge in [-0.2, -0.15) is 5.10 Å². The molecule has 0 unspecified atom stereocenters. The lowest BCUT2D eigenvalue weighted by Crippen LogP contribution is -2.17. The van der Waals surface area contributed by atoms with Gasteiger partial charge in [-0.15, -0.1) is 0 Å². The lowest BCUT2D eigenvalue weighted by molar-refractivity contribution is 0.0955. The van der Waals surface area contributed by atoms with Gasteiger partial charge in [0.1, 0.15) is 5.76 Å². The Morgan fingerprint density at radius 3 is 2.69 bits per heavy atom. The van der Waals surface area contributed by atoms with Gasteiger partial charge in [-0.05, 0) is 47.1 Å². The average Bonchev–Trinajstić information content (AvgIpc) is 2.96. The minimum Gasteiger partial charge on any atom is -0.447 e. The molecule has 0 aliphatic rings. The minimum absolute atomic E-state index is 0.363. The van der Waals surface area contributed by atoms with Gasteiger partial charge >= 0.3 is 0 Å². The number of furan rings is 1. The fourth-order valence-corrected chi connectivity index (χ4v) is 3.63. The van der Waals surface area contributed by atoms with E-state index in [1.54, 1.807) is 30.3 Å². The minimum atomic E-state index is -0.383. The molecule has 0 saturated carbocycles. The summed E-state index contributed by atoms with van der Waals surface area (Å²) in [6, 6.07) is 16.7. The third-order valence-corrected chi connectivity index (χ3v) is 5.56. The molecule has 1 N–H and O–H groups in total. The van der Waals surface area contributed by atoms with Gasteiger partial charge in [-0.1, -0.05) is 53.2 Å². The Balaban J connectivity index is 1.65. The van der Waals surface area contributed by atoms with Crippen molar-refractivity contribution in [3.63, 3.8) is 0 Å². The summed E-state index contributed by atoms with van der Waals surface area (Å²) in [6.45, 7) is 2.04. The van der Waals surface area contributed by atoms with Crippen LogP contribution in [0.5, 0.6) is 0 Å². The van der Waals surface area contributed by atoms with Crippen LogP contribution in [0.1, 0.15) is 21.7 Å². The molecule has 1 aromatic heterocycles. The Labute approximate surface area is 168 Å². The van der Waals surface area contributed by atoms with Crippen molar-refractivity contribution in [3.05, 3.63) is 81.0 Å². The second-order valence-electron chi connectivity index (χ2n) is 5.38. The van der Waals surface area contributed by atoms with Crippen LogP contribution in [-0.2, 0) is 0 Å². The molecule has 0 bridgehead atoms. The Kier molecular flexibility index (Phi) is 6.19. The van der Waals surface area contributed by atoms with Crippen molar-refractivity contribution in [1.29, 1.82) is 0 Å². The lowest BCUT2D eigenvalue weighted by Gasteiger charge is -2.01. The van der Waals surface area contributed by atoms with Crippen LogP contribution in [0.4, 0.5) is 0 Å². The molecule has 7 heteroatoms. The predicted molar refractivity (Wildman–Crippen MR) is 108 cm³/mol. The molecule has 1 heterocycles. The molecular formula is C19H14BrClN2O2S. The van der Waals surface area contributed by atoms with Crippen LogP contribution < -0.4 is 5.43 Å². The Bertz CT molecular complexity index is 954. The first-order valence-electron chi connectivity index (χ1n) is 7.65. The number of carbonyl (C=O) groups is 1. The number of rotatable bonds is 5. The highest BCUT2D eigenvalue weighted by atomic mass is 79.9. The summed E-state index contributed by atoms with van der Waals surface area (Å²) < 4.78 is 6.57. The quantitative estimate of drug-likeness (QED) is 0.388. The summed E-state index contributed by atoms with van der Waals surface area (Å²) in [5.74, 6) is 0.137. The van der Waals surface area contributed by atoms with Gasteiger partial charge in [0, 0.05) is 11.0 Å². The summed E-state index contributed by atoms with van der Waals surface area (Å²) in [5, 5.41) is 5.01. The maximum absolute atomic E-state index is 12.0. The SMILES string of the molecule is Cc1ccc(Sc2oc(/C=N\NC(=O)c3ccccc3Cl)cc2Br)cc1. The van der Waals surface area contributed by atoms with E-state index in [4.69, 9.17) is 16.0 Å². The van der Waals surface area contributed by atoms with E-state index in [-0.39, 0.29) is 5.91 Å². The van der Waals surface area contributed by atoms with Crippen LogP contribution in [0.3, 0.4) is 0 Å². The van der Waals surface area contributed by atoms with Gasteiger partial charge in [-0.3, -0.25) is 4.79 Å². The monoisotopic (exact) mass is 448 g/mol. The highest BCUT2D eigenvalue weighted by molar-refractivity contribution is 9.10. The summed E-state index contributed by atoms with van der Waals surface area (Å²) in [5.41, 5.74) is 4.00. The molecule has 0 saturated heterocycles. The van der Waals surface area contributed by atoms with Gasteiger partial charge in [-0.25, -0.2) is 5.43 Å². The zero-order chi connectivity index (χ0) is 18.5. The van der Waals surface area contributed by atoms with Crippen molar-refractivity contribution < 1.29 is 9.21 Å². The van der Waals surface area contributed by atoms with Crippen LogP contribution in [0.25, 0.3) is 0 Å². The molecule has 0 atom stereocenters. The molecule has 0 spiro atoms. The predicted octanol–water partition coefficient (Wildman–Crippen LogP) is 5.92. The second kappa shape index (κ2) is 8.58. The molecular weight excluding hydrogens is 436 g/mol. The van der Waals surface area contributed by atoms with Gasteiger partial charge < -0.3 is 4.42 Å². The van der Waals surface area contributed by atoms with Crippen molar-refractivity contribution >= 4 is 51.4 Å². The molecule has 0 aliphatic carbocycles. The van der Waals surface area contributed by atoms with Crippen molar-refractivity contribution in [2.24, 2.45) is 5.10 Å². The van der Waals surface area contributed by atoms with E-state index >= 15 is 0 Å². The molecule has 0 aliphatic heterocycles. The first-order chi connectivity index (χ1) is 12.5. The molecule has 0 fully saturated rings. The number of nitrogens with one attached hydrogen (secondary N) is 1. The van der Waals surface area contributed by atoms with Crippen LogP contribution in [0.15, 0.2) is 78.6 Å². The summed E-state index contributed by atoms with van der Waals surface area (Å²) in [7, 11) is 0. The van der Waals surface area contributed by atoms with Crippen LogP contribution in [-0.4, -0.2) is 12.1 Å². The Morgan fingerprint density at radius 2 is 1.96 bits per heavy atom. The maximum atomic E-state index is 12.0. The number of halogens is 2. The molecule has 26 heavy (non-hydrogen) atoms. The fourth-order valence-electron chi connectivity index (χ4n) is 2.08. The van der Waals surface area contributed by atoms with E-state index in [1.165, 1.54) is 23.5 Å². The van der Waals surface area contributed by atoms with Crippen LogP contribution in [0, 0.1) is 6.92 Å². The van der Waals surface area contributed by atoms with Crippen LogP contribution >= 0.6 is 39.3 Å². The summed E-state index contributed by atoms with van der Waals surface area (Å²) in [4.78, 5) is 13.1. The van der Waals surface area contributed by atoms with E-state index in [9.17, 15) is 4.79 Å². The van der Waals surface area contributed by atoms with Crippen molar-refractivity contribution in [3.8, 4) is 0 Å². The average molecular weight is 450 g/mol. The summed E-state index contributed by atoms with van der Waals surface area (Å²) in [6.07, 6.45) is 1.44. The second-order valence-corrected chi connectivity index (χ2v) is 7.69. The van der Waals surface area contributed by atoms with Crippen molar-refractivity contribution in [2.75, 3.05) is 0 Å². The van der Waals surface area contributed by atoms with Crippen molar-refractivity contribution in [1.82, 2.24) is 5.43 Å². The number of carbonyl (C=O) groups excluding carboxylic acids is 1. The molecule has 2 aromatic carbocycles. The van der Waals surface area contributed by atoms with Gasteiger partial charge in [0.25, 0.3) is 5.91 Å². The standard InChI is InChI=1S/C19H14BrClN2O2S/c1-12-6-8-14(9-7-12)26-19-16(20)10-13(25-19)11-22-23-18(24)15-4-2-3-5-17(15)21/h2-11H,1H3,(H,23,24)/b22-11-. The third kappa shape index (κ3) is 4.78. The maximum Gasteiger partial charge on any atom is 0.272 e. The molecule has 3 rings (SSSR count).